The summed E-state index contributed by atoms with van der Waals surface area (Å²) in [6, 6.07) is 0.815. The van der Waals surface area contributed by atoms with Crippen LogP contribution in [0.2, 0.25) is 0 Å². The largest absolute Gasteiger partial charge is 0.313 e. The first-order valence-corrected chi connectivity index (χ1v) is 7.07. The predicted molar refractivity (Wildman–Crippen MR) is 64.0 cm³/mol. The van der Waals surface area contributed by atoms with Crippen LogP contribution in [-0.4, -0.2) is 48.6 Å². The van der Waals surface area contributed by atoms with E-state index in [0.29, 0.717) is 0 Å². The molecule has 2 unspecified atom stereocenters. The van der Waals surface area contributed by atoms with Crippen molar-refractivity contribution < 1.29 is 0 Å². The maximum Gasteiger partial charge on any atom is 0.0166 e. The fourth-order valence-corrected chi connectivity index (χ4v) is 3.58. The maximum atomic E-state index is 3.72. The second-order valence-electron chi connectivity index (χ2n) is 4.52. The standard InChI is InChI=1S/C11H22N2S/c1-2-13-5-3-10(8-13)7-12-11-4-6-14-9-11/h10-12H,2-9H2,1H3. The Morgan fingerprint density at radius 2 is 2.36 bits per heavy atom. The highest BCUT2D eigenvalue weighted by atomic mass is 32.2. The molecule has 2 nitrogen and oxygen atoms in total. The Labute approximate surface area is 91.8 Å². The Morgan fingerprint density at radius 3 is 3.00 bits per heavy atom. The Hall–Kier alpha value is 0.270. The number of hydrogen-bond acceptors (Lipinski definition) is 3. The van der Waals surface area contributed by atoms with Crippen LogP contribution in [0.3, 0.4) is 0 Å². The molecule has 0 aromatic rings. The van der Waals surface area contributed by atoms with Crippen LogP contribution in [0.1, 0.15) is 19.8 Å². The summed E-state index contributed by atoms with van der Waals surface area (Å²) in [5, 5.41) is 3.72. The maximum absolute atomic E-state index is 3.72. The van der Waals surface area contributed by atoms with Crippen LogP contribution in [0.25, 0.3) is 0 Å². The third-order valence-corrected chi connectivity index (χ3v) is 4.60. The van der Waals surface area contributed by atoms with E-state index < -0.39 is 0 Å². The average Bonchev–Trinajstić information content (AvgIpc) is 2.86. The molecule has 0 bridgehead atoms. The predicted octanol–water partition coefficient (Wildman–Crippen LogP) is 1.42. The lowest BCUT2D eigenvalue weighted by Crippen LogP contribution is -2.34. The Morgan fingerprint density at radius 1 is 1.43 bits per heavy atom. The topological polar surface area (TPSA) is 15.3 Å². The first kappa shape index (κ1) is 10.8. The molecule has 2 fully saturated rings. The first-order valence-electron chi connectivity index (χ1n) is 5.92. The van der Waals surface area contributed by atoms with Gasteiger partial charge < -0.3 is 10.2 Å². The molecule has 0 aromatic heterocycles. The van der Waals surface area contributed by atoms with Crippen molar-refractivity contribution in [1.82, 2.24) is 10.2 Å². The minimum atomic E-state index is 0.815. The van der Waals surface area contributed by atoms with Gasteiger partial charge in [0.15, 0.2) is 0 Å². The second-order valence-corrected chi connectivity index (χ2v) is 5.67. The van der Waals surface area contributed by atoms with Crippen molar-refractivity contribution in [3.8, 4) is 0 Å². The zero-order chi connectivity index (χ0) is 9.80. The molecule has 0 aliphatic carbocycles. The second kappa shape index (κ2) is 5.38. The highest BCUT2D eigenvalue weighted by Crippen LogP contribution is 2.19. The van der Waals surface area contributed by atoms with Crippen molar-refractivity contribution in [3.63, 3.8) is 0 Å². The third kappa shape index (κ3) is 2.88. The van der Waals surface area contributed by atoms with Crippen molar-refractivity contribution in [2.75, 3.05) is 37.7 Å². The van der Waals surface area contributed by atoms with E-state index in [1.165, 1.54) is 50.5 Å². The van der Waals surface area contributed by atoms with Crippen molar-refractivity contribution in [3.05, 3.63) is 0 Å². The molecule has 2 aliphatic rings. The molecule has 82 valence electrons. The van der Waals surface area contributed by atoms with Gasteiger partial charge in [-0.25, -0.2) is 0 Å². The van der Waals surface area contributed by atoms with E-state index in [1.54, 1.807) is 0 Å². The number of nitrogens with one attached hydrogen (secondary N) is 1. The fraction of sp³-hybridized carbons (Fsp3) is 1.00. The van der Waals surface area contributed by atoms with Crippen molar-refractivity contribution in [2.24, 2.45) is 5.92 Å². The number of thioether (sulfide) groups is 1. The zero-order valence-electron chi connectivity index (χ0n) is 9.17. The van der Waals surface area contributed by atoms with Gasteiger partial charge in [0.2, 0.25) is 0 Å². The van der Waals surface area contributed by atoms with E-state index in [-0.39, 0.29) is 0 Å². The van der Waals surface area contributed by atoms with Crippen molar-refractivity contribution >= 4 is 11.8 Å². The molecule has 0 spiro atoms. The van der Waals surface area contributed by atoms with Gasteiger partial charge in [0.1, 0.15) is 0 Å². The SMILES string of the molecule is CCN1CCC(CNC2CCSC2)C1. The molecule has 2 atom stereocenters. The van der Waals surface area contributed by atoms with Gasteiger partial charge in [0, 0.05) is 18.3 Å². The van der Waals surface area contributed by atoms with Crippen LogP contribution >= 0.6 is 11.8 Å². The Balaban J connectivity index is 1.61. The summed E-state index contributed by atoms with van der Waals surface area (Å²) < 4.78 is 0. The van der Waals surface area contributed by atoms with Gasteiger partial charge in [-0.3, -0.25) is 0 Å². The summed E-state index contributed by atoms with van der Waals surface area (Å²) in [7, 11) is 0. The van der Waals surface area contributed by atoms with E-state index in [1.807, 2.05) is 0 Å². The third-order valence-electron chi connectivity index (χ3n) is 3.44. The molecule has 2 saturated heterocycles. The van der Waals surface area contributed by atoms with Crippen molar-refractivity contribution in [2.45, 2.75) is 25.8 Å². The smallest absolute Gasteiger partial charge is 0.0166 e. The summed E-state index contributed by atoms with van der Waals surface area (Å²) in [4.78, 5) is 2.57. The van der Waals surface area contributed by atoms with E-state index in [2.05, 4.69) is 28.9 Å². The lowest BCUT2D eigenvalue weighted by molar-refractivity contribution is 0.336. The molecule has 2 heterocycles. The summed E-state index contributed by atoms with van der Waals surface area (Å²) in [5.41, 5.74) is 0. The van der Waals surface area contributed by atoms with Crippen LogP contribution in [0.15, 0.2) is 0 Å². The van der Waals surface area contributed by atoms with Crippen molar-refractivity contribution in [1.29, 1.82) is 0 Å². The first-order chi connectivity index (χ1) is 6.88. The van der Waals surface area contributed by atoms with E-state index >= 15 is 0 Å². The molecule has 0 radical (unpaired) electrons. The molecule has 3 heteroatoms. The van der Waals surface area contributed by atoms with Gasteiger partial charge in [-0.1, -0.05) is 6.92 Å². The van der Waals surface area contributed by atoms with Gasteiger partial charge >= 0.3 is 0 Å². The molecule has 0 aromatic carbocycles. The molecule has 2 aliphatic heterocycles. The average molecular weight is 214 g/mol. The molecule has 14 heavy (non-hydrogen) atoms. The Bertz CT molecular complexity index is 169. The number of likely N-dealkylation sites (tertiary alicyclic amines) is 1. The molecule has 2 rings (SSSR count). The normalized spacial score (nSPS) is 34.1. The minimum absolute atomic E-state index is 0.815. The minimum Gasteiger partial charge on any atom is -0.313 e. The van der Waals surface area contributed by atoms with E-state index in [4.69, 9.17) is 0 Å². The number of rotatable bonds is 4. The van der Waals surface area contributed by atoms with Crippen LogP contribution in [0, 0.1) is 5.92 Å². The highest BCUT2D eigenvalue weighted by Gasteiger charge is 2.22. The lowest BCUT2D eigenvalue weighted by atomic mass is 10.1. The van der Waals surface area contributed by atoms with Crippen LogP contribution in [0.5, 0.6) is 0 Å². The van der Waals surface area contributed by atoms with E-state index in [0.717, 1.165) is 12.0 Å². The Kier molecular flexibility index (Phi) is 4.14. The lowest BCUT2D eigenvalue weighted by Gasteiger charge is -2.16. The summed E-state index contributed by atoms with van der Waals surface area (Å²) in [5.74, 6) is 3.62. The fourth-order valence-electron chi connectivity index (χ4n) is 2.40. The number of nitrogens with zero attached hydrogens (tertiary/aromatic N) is 1. The zero-order valence-corrected chi connectivity index (χ0v) is 9.98. The van der Waals surface area contributed by atoms with Gasteiger partial charge in [0.05, 0.1) is 0 Å². The molecular formula is C11H22N2S. The summed E-state index contributed by atoms with van der Waals surface area (Å²) >= 11 is 2.10. The molecule has 1 N–H and O–H groups in total. The molecule has 0 saturated carbocycles. The number of hydrogen-bond donors (Lipinski definition) is 1. The van der Waals surface area contributed by atoms with Crippen LogP contribution in [0.4, 0.5) is 0 Å². The monoisotopic (exact) mass is 214 g/mol. The highest BCUT2D eigenvalue weighted by molar-refractivity contribution is 7.99. The molecule has 0 amide bonds. The van der Waals surface area contributed by atoms with Gasteiger partial charge in [-0.2, -0.15) is 11.8 Å². The van der Waals surface area contributed by atoms with E-state index in [9.17, 15) is 0 Å². The van der Waals surface area contributed by atoms with Gasteiger partial charge in [0.25, 0.3) is 0 Å². The quantitative estimate of drug-likeness (QED) is 0.762. The summed E-state index contributed by atoms with van der Waals surface area (Å²) in [6.07, 6.45) is 2.79. The van der Waals surface area contributed by atoms with Crippen LogP contribution in [-0.2, 0) is 0 Å². The van der Waals surface area contributed by atoms with Gasteiger partial charge in [-0.05, 0) is 44.1 Å². The van der Waals surface area contributed by atoms with Gasteiger partial charge in [-0.15, -0.1) is 0 Å². The molecular weight excluding hydrogens is 192 g/mol. The summed E-state index contributed by atoms with van der Waals surface area (Å²) in [6.45, 7) is 7.40. The van der Waals surface area contributed by atoms with Crippen LogP contribution < -0.4 is 5.32 Å².